The molecule has 0 bridgehead atoms. The zero-order chi connectivity index (χ0) is 18.5. The number of halogens is 2. The normalized spacial score (nSPS) is 14.3. The van der Waals surface area contributed by atoms with Crippen molar-refractivity contribution in [2.45, 2.75) is 38.6 Å². The highest BCUT2D eigenvalue weighted by Gasteiger charge is 2.14. The number of amides is 2. The molecule has 1 unspecified atom stereocenters. The fourth-order valence-corrected chi connectivity index (χ4v) is 3.59. The minimum absolute atomic E-state index is 0.0179. The van der Waals surface area contributed by atoms with Gasteiger partial charge in [0.15, 0.2) is 6.73 Å². The molecule has 138 valence electrons. The summed E-state index contributed by atoms with van der Waals surface area (Å²) in [6.45, 7) is 1.99. The van der Waals surface area contributed by atoms with Gasteiger partial charge in [0.25, 0.3) is 0 Å². The summed E-state index contributed by atoms with van der Waals surface area (Å²) in [5.74, 6) is 0.471. The molecule has 0 radical (unpaired) electrons. The Morgan fingerprint density at radius 3 is 2.65 bits per heavy atom. The number of ether oxygens (including phenoxy) is 1. The molecule has 0 aliphatic heterocycles. The number of hydrogen-bond donors (Lipinski definition) is 2. The lowest BCUT2D eigenvalue weighted by atomic mass is 9.89. The maximum Gasteiger partial charge on any atom is 0.317 e. The Labute approximate surface area is 163 Å². The van der Waals surface area contributed by atoms with Crippen molar-refractivity contribution in [2.24, 2.45) is 0 Å². The summed E-state index contributed by atoms with van der Waals surface area (Å²) in [6.07, 6.45) is 4.78. The van der Waals surface area contributed by atoms with Gasteiger partial charge >= 0.3 is 6.03 Å². The van der Waals surface area contributed by atoms with Gasteiger partial charge in [0.05, 0.1) is 11.1 Å². The Morgan fingerprint density at radius 2 is 1.88 bits per heavy atom. The van der Waals surface area contributed by atoms with Crippen molar-refractivity contribution in [1.29, 1.82) is 0 Å². The van der Waals surface area contributed by atoms with Crippen LogP contribution < -0.4 is 15.4 Å². The summed E-state index contributed by atoms with van der Waals surface area (Å²) in [7, 11) is 0. The van der Waals surface area contributed by atoms with Gasteiger partial charge in [0.1, 0.15) is 5.75 Å². The van der Waals surface area contributed by atoms with Crippen molar-refractivity contribution in [3.8, 4) is 5.75 Å². The van der Waals surface area contributed by atoms with Crippen molar-refractivity contribution >= 4 is 29.2 Å². The molecule has 0 saturated heterocycles. The van der Waals surface area contributed by atoms with Crippen LogP contribution in [0.1, 0.15) is 42.5 Å². The van der Waals surface area contributed by atoms with Crippen LogP contribution in [0.4, 0.5) is 4.79 Å². The number of aryl methyl sites for hydroxylation is 2. The van der Waals surface area contributed by atoms with Crippen molar-refractivity contribution in [2.75, 3.05) is 6.73 Å². The predicted octanol–water partition coefficient (Wildman–Crippen LogP) is 5.27. The minimum Gasteiger partial charge on any atom is -0.472 e. The van der Waals surface area contributed by atoms with Gasteiger partial charge < -0.3 is 15.4 Å². The highest BCUT2D eigenvalue weighted by atomic mass is 35.5. The molecule has 1 atom stereocenters. The number of hydrogen-bond acceptors (Lipinski definition) is 2. The van der Waals surface area contributed by atoms with E-state index in [0.29, 0.717) is 15.8 Å². The molecule has 4 nitrogen and oxygen atoms in total. The quantitative estimate of drug-likeness (QED) is 0.680. The fourth-order valence-electron chi connectivity index (χ4n) is 3.13. The molecule has 6 heteroatoms. The third-order valence-electron chi connectivity index (χ3n) is 4.57. The first kappa shape index (κ1) is 18.9. The van der Waals surface area contributed by atoms with Crippen molar-refractivity contribution in [3.05, 3.63) is 63.1 Å². The smallest absolute Gasteiger partial charge is 0.317 e. The molecule has 0 aromatic heterocycles. The van der Waals surface area contributed by atoms with Crippen LogP contribution in [0.5, 0.6) is 5.75 Å². The highest BCUT2D eigenvalue weighted by Crippen LogP contribution is 2.27. The van der Waals surface area contributed by atoms with E-state index in [-0.39, 0.29) is 18.8 Å². The molecular weight excluding hydrogens is 371 g/mol. The summed E-state index contributed by atoms with van der Waals surface area (Å²) < 4.78 is 5.46. The van der Waals surface area contributed by atoms with Crippen LogP contribution in [0.15, 0.2) is 36.4 Å². The first-order valence-electron chi connectivity index (χ1n) is 8.77. The molecule has 1 aliphatic rings. The summed E-state index contributed by atoms with van der Waals surface area (Å²) in [4.78, 5) is 12.1. The van der Waals surface area contributed by atoms with E-state index < -0.39 is 0 Å². The second kappa shape index (κ2) is 8.65. The van der Waals surface area contributed by atoms with E-state index in [1.807, 2.05) is 6.92 Å². The number of urea groups is 1. The van der Waals surface area contributed by atoms with Gasteiger partial charge in [-0.25, -0.2) is 4.79 Å². The van der Waals surface area contributed by atoms with E-state index in [1.54, 1.807) is 18.2 Å². The number of nitrogens with one attached hydrogen (secondary N) is 2. The summed E-state index contributed by atoms with van der Waals surface area (Å²) >= 11 is 11.9. The van der Waals surface area contributed by atoms with Gasteiger partial charge in [0.2, 0.25) is 0 Å². The standard InChI is InChI=1S/C20H22Cl2N2O2/c1-13(15-7-6-14-4-2-3-5-16(14)10-15)24-20(25)23-12-26-19-9-8-17(21)11-18(19)22/h6-11,13H,2-5,12H2,1H3,(H2,23,24,25). The lowest BCUT2D eigenvalue weighted by molar-refractivity contribution is 0.221. The van der Waals surface area contributed by atoms with Crippen molar-refractivity contribution < 1.29 is 9.53 Å². The molecule has 26 heavy (non-hydrogen) atoms. The molecule has 2 N–H and O–H groups in total. The van der Waals surface area contributed by atoms with Gasteiger partial charge in [0, 0.05) is 5.02 Å². The van der Waals surface area contributed by atoms with Crippen LogP contribution in [0, 0.1) is 0 Å². The minimum atomic E-state index is -0.291. The molecular formula is C20H22Cl2N2O2. The van der Waals surface area contributed by atoms with Crippen LogP contribution in [0.25, 0.3) is 0 Å². The number of benzene rings is 2. The van der Waals surface area contributed by atoms with Crippen LogP contribution in [0.2, 0.25) is 10.0 Å². The van der Waals surface area contributed by atoms with Crippen LogP contribution >= 0.6 is 23.2 Å². The maximum absolute atomic E-state index is 12.1. The van der Waals surface area contributed by atoms with Crippen molar-refractivity contribution in [1.82, 2.24) is 10.6 Å². The zero-order valence-electron chi connectivity index (χ0n) is 14.6. The third-order valence-corrected chi connectivity index (χ3v) is 5.10. The second-order valence-corrected chi connectivity index (χ2v) is 7.31. The van der Waals surface area contributed by atoms with Gasteiger partial charge in [-0.3, -0.25) is 0 Å². The van der Waals surface area contributed by atoms with Gasteiger partial charge in [-0.2, -0.15) is 0 Å². The molecule has 2 aromatic carbocycles. The Kier molecular flexibility index (Phi) is 6.28. The monoisotopic (exact) mass is 392 g/mol. The molecule has 0 heterocycles. The lowest BCUT2D eigenvalue weighted by Crippen LogP contribution is -2.39. The van der Waals surface area contributed by atoms with E-state index in [1.165, 1.54) is 24.0 Å². The van der Waals surface area contributed by atoms with Crippen LogP contribution in [0.3, 0.4) is 0 Å². The fraction of sp³-hybridized carbons (Fsp3) is 0.350. The molecule has 0 fully saturated rings. The predicted molar refractivity (Wildman–Crippen MR) is 105 cm³/mol. The first-order chi connectivity index (χ1) is 12.5. The number of carbonyl (C=O) groups excluding carboxylic acids is 1. The van der Waals surface area contributed by atoms with E-state index in [9.17, 15) is 4.79 Å². The highest BCUT2D eigenvalue weighted by molar-refractivity contribution is 6.35. The molecule has 1 aliphatic carbocycles. The molecule has 2 aromatic rings. The van der Waals surface area contributed by atoms with E-state index in [0.717, 1.165) is 18.4 Å². The number of carbonyl (C=O) groups is 1. The average molecular weight is 393 g/mol. The third kappa shape index (κ3) is 4.83. The average Bonchev–Trinajstić information content (AvgIpc) is 2.63. The number of fused-ring (bicyclic) bond motifs is 1. The van der Waals surface area contributed by atoms with Crippen LogP contribution in [-0.4, -0.2) is 12.8 Å². The van der Waals surface area contributed by atoms with Crippen molar-refractivity contribution in [3.63, 3.8) is 0 Å². The topological polar surface area (TPSA) is 50.4 Å². The summed E-state index contributed by atoms with van der Waals surface area (Å²) in [6, 6.07) is 11.1. The summed E-state index contributed by atoms with van der Waals surface area (Å²) in [5, 5.41) is 6.54. The molecule has 2 amide bonds. The van der Waals surface area contributed by atoms with E-state index >= 15 is 0 Å². The van der Waals surface area contributed by atoms with Crippen LogP contribution in [-0.2, 0) is 12.8 Å². The molecule has 0 spiro atoms. The Bertz CT molecular complexity index is 795. The zero-order valence-corrected chi connectivity index (χ0v) is 16.2. The molecule has 0 saturated carbocycles. The Hall–Kier alpha value is -1.91. The van der Waals surface area contributed by atoms with Gasteiger partial charge in [-0.05, 0) is 67.5 Å². The van der Waals surface area contributed by atoms with Gasteiger partial charge in [-0.15, -0.1) is 0 Å². The maximum atomic E-state index is 12.1. The first-order valence-corrected chi connectivity index (χ1v) is 9.52. The van der Waals surface area contributed by atoms with Gasteiger partial charge in [-0.1, -0.05) is 41.4 Å². The Morgan fingerprint density at radius 1 is 1.12 bits per heavy atom. The van der Waals surface area contributed by atoms with E-state index in [2.05, 4.69) is 28.8 Å². The SMILES string of the molecule is CC(NC(=O)NCOc1ccc(Cl)cc1Cl)c1ccc2c(c1)CCCC2. The number of rotatable bonds is 5. The largest absolute Gasteiger partial charge is 0.472 e. The summed E-state index contributed by atoms with van der Waals surface area (Å²) in [5.41, 5.74) is 3.95. The molecule has 3 rings (SSSR count). The van der Waals surface area contributed by atoms with E-state index in [4.69, 9.17) is 27.9 Å². The Balaban J connectivity index is 1.49. The lowest BCUT2D eigenvalue weighted by Gasteiger charge is -2.20. The second-order valence-electron chi connectivity index (χ2n) is 6.47.